The molecular formula is C15H15BrN2O2S. The van der Waals surface area contributed by atoms with Crippen molar-refractivity contribution in [3.8, 4) is 0 Å². The van der Waals surface area contributed by atoms with E-state index in [2.05, 4.69) is 20.7 Å². The molecule has 2 aromatic rings. The van der Waals surface area contributed by atoms with Crippen LogP contribution in [0.15, 0.2) is 51.8 Å². The van der Waals surface area contributed by atoms with Crippen LogP contribution in [-0.4, -0.2) is 14.5 Å². The van der Waals surface area contributed by atoms with Crippen LogP contribution in [0.1, 0.15) is 11.1 Å². The highest BCUT2D eigenvalue weighted by molar-refractivity contribution is 9.10. The number of hydrogen-bond donors (Lipinski definition) is 2. The number of benzene rings is 2. The van der Waals surface area contributed by atoms with Gasteiger partial charge in [0.1, 0.15) is 0 Å². The molecule has 1 aliphatic rings. The summed E-state index contributed by atoms with van der Waals surface area (Å²) in [5.74, 6) is 0. The summed E-state index contributed by atoms with van der Waals surface area (Å²) in [6, 6.07) is 12.6. The van der Waals surface area contributed by atoms with Gasteiger partial charge in [-0.3, -0.25) is 0 Å². The number of rotatable bonds is 3. The Balaban J connectivity index is 1.82. The molecule has 0 fully saturated rings. The Hall–Kier alpha value is -1.37. The number of nitrogens with one attached hydrogen (secondary N) is 1. The van der Waals surface area contributed by atoms with E-state index in [9.17, 15) is 8.42 Å². The van der Waals surface area contributed by atoms with Gasteiger partial charge in [-0.05, 0) is 58.1 Å². The van der Waals surface area contributed by atoms with Crippen molar-refractivity contribution in [1.29, 1.82) is 0 Å². The fourth-order valence-corrected chi connectivity index (χ4v) is 4.99. The Morgan fingerprint density at radius 3 is 2.29 bits per heavy atom. The lowest BCUT2D eigenvalue weighted by Gasteiger charge is -2.14. The van der Waals surface area contributed by atoms with Crippen LogP contribution in [-0.2, 0) is 22.9 Å². The molecule has 0 heterocycles. The Bertz CT molecular complexity index is 765. The fourth-order valence-electron chi connectivity index (χ4n) is 2.66. The third-order valence-electron chi connectivity index (χ3n) is 3.62. The van der Waals surface area contributed by atoms with Gasteiger partial charge in [-0.2, -0.15) is 0 Å². The van der Waals surface area contributed by atoms with E-state index in [1.54, 1.807) is 12.1 Å². The standard InChI is InChI=1S/C15H15BrN2O2S/c16-14-9-12(17)5-6-15(14)21(19,20)18-13-7-10-3-1-2-4-11(10)8-13/h1-6,9,13,18H,7-8,17H2. The topological polar surface area (TPSA) is 72.2 Å². The zero-order chi connectivity index (χ0) is 15.0. The maximum Gasteiger partial charge on any atom is 0.241 e. The van der Waals surface area contributed by atoms with Crippen LogP contribution in [0.4, 0.5) is 5.69 Å². The lowest BCUT2D eigenvalue weighted by atomic mass is 10.1. The minimum absolute atomic E-state index is 0.100. The van der Waals surface area contributed by atoms with E-state index in [0.717, 1.165) is 12.8 Å². The Morgan fingerprint density at radius 1 is 1.10 bits per heavy atom. The minimum atomic E-state index is -3.56. The third-order valence-corrected chi connectivity index (χ3v) is 6.12. The smallest absolute Gasteiger partial charge is 0.241 e. The molecule has 21 heavy (non-hydrogen) atoms. The average molecular weight is 367 g/mol. The van der Waals surface area contributed by atoms with Crippen molar-refractivity contribution < 1.29 is 8.42 Å². The molecule has 6 heteroatoms. The predicted molar refractivity (Wildman–Crippen MR) is 86.5 cm³/mol. The molecule has 0 bridgehead atoms. The molecule has 0 atom stereocenters. The van der Waals surface area contributed by atoms with E-state index in [0.29, 0.717) is 10.2 Å². The summed E-state index contributed by atoms with van der Waals surface area (Å²) < 4.78 is 28.2. The van der Waals surface area contributed by atoms with Crippen LogP contribution in [0.2, 0.25) is 0 Å². The molecule has 0 saturated carbocycles. The monoisotopic (exact) mass is 366 g/mol. The van der Waals surface area contributed by atoms with Gasteiger partial charge in [0, 0.05) is 16.2 Å². The maximum absolute atomic E-state index is 12.5. The van der Waals surface area contributed by atoms with Crippen molar-refractivity contribution in [2.45, 2.75) is 23.8 Å². The molecule has 0 amide bonds. The lowest BCUT2D eigenvalue weighted by Crippen LogP contribution is -2.35. The second-order valence-electron chi connectivity index (χ2n) is 5.19. The van der Waals surface area contributed by atoms with Gasteiger partial charge in [0.05, 0.1) is 4.90 Å². The summed E-state index contributed by atoms with van der Waals surface area (Å²) in [7, 11) is -3.56. The number of nitrogen functional groups attached to an aromatic ring is 1. The van der Waals surface area contributed by atoms with Gasteiger partial charge in [0.15, 0.2) is 0 Å². The predicted octanol–water partition coefficient (Wildman–Crippen LogP) is 2.48. The Kier molecular flexibility index (Phi) is 3.77. The van der Waals surface area contributed by atoms with Crippen molar-refractivity contribution >= 4 is 31.6 Å². The molecule has 0 saturated heterocycles. The average Bonchev–Trinajstić information content (AvgIpc) is 2.79. The molecule has 1 aliphatic carbocycles. The molecule has 0 unspecified atom stereocenters. The molecule has 110 valence electrons. The van der Waals surface area contributed by atoms with Crippen LogP contribution < -0.4 is 10.5 Å². The Labute approximate surface area is 132 Å². The molecule has 0 aromatic heterocycles. The van der Waals surface area contributed by atoms with E-state index < -0.39 is 10.0 Å². The zero-order valence-corrected chi connectivity index (χ0v) is 13.6. The van der Waals surface area contributed by atoms with Gasteiger partial charge < -0.3 is 5.73 Å². The van der Waals surface area contributed by atoms with Gasteiger partial charge in [-0.25, -0.2) is 13.1 Å². The Morgan fingerprint density at radius 2 is 1.71 bits per heavy atom. The molecule has 0 aliphatic heterocycles. The van der Waals surface area contributed by atoms with Crippen molar-refractivity contribution in [3.63, 3.8) is 0 Å². The van der Waals surface area contributed by atoms with Gasteiger partial charge in [0.2, 0.25) is 10.0 Å². The molecule has 0 radical (unpaired) electrons. The summed E-state index contributed by atoms with van der Waals surface area (Å²) in [6.07, 6.45) is 1.45. The van der Waals surface area contributed by atoms with Crippen molar-refractivity contribution in [1.82, 2.24) is 4.72 Å². The van der Waals surface area contributed by atoms with Crippen LogP contribution in [0, 0.1) is 0 Å². The first-order valence-corrected chi connectivity index (χ1v) is 8.87. The third kappa shape index (κ3) is 2.97. The van der Waals surface area contributed by atoms with Gasteiger partial charge in [-0.1, -0.05) is 24.3 Å². The molecule has 4 nitrogen and oxygen atoms in total. The summed E-state index contributed by atoms with van der Waals surface area (Å²) in [4.78, 5) is 0.215. The first-order valence-electron chi connectivity index (χ1n) is 6.60. The lowest BCUT2D eigenvalue weighted by molar-refractivity contribution is 0.555. The first-order chi connectivity index (χ1) is 9.95. The van der Waals surface area contributed by atoms with Crippen molar-refractivity contribution in [2.24, 2.45) is 0 Å². The second-order valence-corrected chi connectivity index (χ2v) is 7.72. The first kappa shape index (κ1) is 14.6. The van der Waals surface area contributed by atoms with E-state index in [4.69, 9.17) is 5.73 Å². The second kappa shape index (κ2) is 5.44. The number of nitrogens with two attached hydrogens (primary N) is 1. The van der Waals surface area contributed by atoms with Crippen LogP contribution in [0.3, 0.4) is 0 Å². The van der Waals surface area contributed by atoms with Gasteiger partial charge in [0.25, 0.3) is 0 Å². The maximum atomic E-state index is 12.5. The largest absolute Gasteiger partial charge is 0.399 e. The molecule has 2 aromatic carbocycles. The van der Waals surface area contributed by atoms with Crippen LogP contribution >= 0.6 is 15.9 Å². The highest BCUT2D eigenvalue weighted by atomic mass is 79.9. The number of halogens is 1. The van der Waals surface area contributed by atoms with Crippen molar-refractivity contribution in [3.05, 3.63) is 58.1 Å². The number of hydrogen-bond acceptors (Lipinski definition) is 3. The molecule has 0 spiro atoms. The molecule has 3 rings (SSSR count). The van der Waals surface area contributed by atoms with Gasteiger partial charge >= 0.3 is 0 Å². The number of fused-ring (bicyclic) bond motifs is 1. The molecule has 3 N–H and O–H groups in total. The summed E-state index contributed by atoms with van der Waals surface area (Å²) >= 11 is 3.26. The highest BCUT2D eigenvalue weighted by Crippen LogP contribution is 2.27. The summed E-state index contributed by atoms with van der Waals surface area (Å²) in [5, 5.41) is 0. The molecular weight excluding hydrogens is 352 g/mol. The van der Waals surface area contributed by atoms with E-state index >= 15 is 0 Å². The normalized spacial score (nSPS) is 15.1. The van der Waals surface area contributed by atoms with Crippen molar-refractivity contribution in [2.75, 3.05) is 5.73 Å². The fraction of sp³-hybridized carbons (Fsp3) is 0.200. The summed E-state index contributed by atoms with van der Waals surface area (Å²) in [6.45, 7) is 0. The number of anilines is 1. The number of sulfonamides is 1. The quantitative estimate of drug-likeness (QED) is 0.819. The van der Waals surface area contributed by atoms with E-state index in [1.807, 2.05) is 24.3 Å². The van der Waals surface area contributed by atoms with Crippen LogP contribution in [0.5, 0.6) is 0 Å². The minimum Gasteiger partial charge on any atom is -0.399 e. The SMILES string of the molecule is Nc1ccc(S(=O)(=O)NC2Cc3ccccc3C2)c(Br)c1. The van der Waals surface area contributed by atoms with E-state index in [1.165, 1.54) is 17.2 Å². The van der Waals surface area contributed by atoms with Gasteiger partial charge in [-0.15, -0.1) is 0 Å². The van der Waals surface area contributed by atoms with Crippen LogP contribution in [0.25, 0.3) is 0 Å². The highest BCUT2D eigenvalue weighted by Gasteiger charge is 2.27. The summed E-state index contributed by atoms with van der Waals surface area (Å²) in [5.41, 5.74) is 8.59. The zero-order valence-electron chi connectivity index (χ0n) is 11.2. The van der Waals surface area contributed by atoms with E-state index in [-0.39, 0.29) is 10.9 Å².